The van der Waals surface area contributed by atoms with Crippen molar-refractivity contribution in [1.29, 1.82) is 0 Å². The summed E-state index contributed by atoms with van der Waals surface area (Å²) in [6.45, 7) is 11.5. The molecule has 0 saturated carbocycles. The lowest BCUT2D eigenvalue weighted by atomic mass is 9.89. The number of hydrogen-bond donors (Lipinski definition) is 1. The first-order chi connectivity index (χ1) is 29.5. The predicted octanol–water partition coefficient (Wildman–Crippen LogP) is 5.00. The summed E-state index contributed by atoms with van der Waals surface area (Å²) in [6.07, 6.45) is 7.44. The molecule has 1 atom stereocenters. The number of piperazine rings is 1. The Bertz CT molecular complexity index is 2250. The van der Waals surface area contributed by atoms with Crippen molar-refractivity contribution in [2.75, 3.05) is 59.4 Å². The first-order valence-corrected chi connectivity index (χ1v) is 22.2. The SMILES string of the molecule is CCCC(=O)OCn1ncc2cc(CC(NC(=O)N3CCC(c4cc5ccccc5n(COC(=O)CCC)c4=O)CC3)C(=O)N3CCN(C4CCN(C)CC4)CC3)cc(C)c21. The molecular weight excluding hydrogens is 777 g/mol. The van der Waals surface area contributed by atoms with Gasteiger partial charge in [-0.05, 0) is 106 Å². The van der Waals surface area contributed by atoms with Gasteiger partial charge in [0, 0.05) is 75.5 Å². The van der Waals surface area contributed by atoms with Crippen molar-refractivity contribution < 1.29 is 28.7 Å². The molecule has 4 aromatic rings. The van der Waals surface area contributed by atoms with Gasteiger partial charge in [-0.25, -0.2) is 9.48 Å². The standard InChI is InChI=1S/C46H62N8O7/c1-5-9-41(55)60-30-53-40-12-8-7-11-35(40)28-38(44(53)57)34-13-19-52(20-14-34)46(59)48-39(45(58)51-23-21-50(22-24-51)37-15-17-49(4)18-16-37)27-33-25-32(3)43-36(26-33)29-47-54(43)31-61-42(56)10-6-2/h7-8,11-12,25-26,28-29,34,37,39H,5-6,9-10,13-24,27,30-31H2,1-4H3,(H,48,59). The maximum Gasteiger partial charge on any atom is 0.318 e. The number of nitrogens with zero attached hydrogens (tertiary/aromatic N) is 7. The molecule has 5 heterocycles. The molecule has 1 unspecified atom stereocenters. The van der Waals surface area contributed by atoms with Crippen LogP contribution >= 0.6 is 0 Å². The van der Waals surface area contributed by atoms with E-state index in [1.165, 1.54) is 4.57 Å². The predicted molar refractivity (Wildman–Crippen MR) is 233 cm³/mol. The van der Waals surface area contributed by atoms with Crippen LogP contribution in [0.1, 0.15) is 87.8 Å². The van der Waals surface area contributed by atoms with Gasteiger partial charge in [0.05, 0.1) is 17.2 Å². The Labute approximate surface area is 357 Å². The molecule has 0 spiro atoms. The number of aryl methyl sites for hydroxylation is 1. The number of amides is 3. The van der Waals surface area contributed by atoms with Gasteiger partial charge in [-0.15, -0.1) is 0 Å². The molecule has 61 heavy (non-hydrogen) atoms. The Morgan fingerprint density at radius 3 is 2.16 bits per heavy atom. The highest BCUT2D eigenvalue weighted by molar-refractivity contribution is 5.88. The zero-order chi connectivity index (χ0) is 43.0. The van der Waals surface area contributed by atoms with E-state index in [1.54, 1.807) is 15.8 Å². The van der Waals surface area contributed by atoms with Crippen LogP contribution in [0, 0.1) is 6.92 Å². The van der Waals surface area contributed by atoms with Crippen LogP contribution in [0.4, 0.5) is 4.79 Å². The van der Waals surface area contributed by atoms with E-state index in [0.717, 1.165) is 66.4 Å². The van der Waals surface area contributed by atoms with Crippen molar-refractivity contribution in [3.63, 3.8) is 0 Å². The highest BCUT2D eigenvalue weighted by Crippen LogP contribution is 2.29. The van der Waals surface area contributed by atoms with Gasteiger partial charge < -0.3 is 29.5 Å². The number of rotatable bonds is 14. The molecule has 3 aliphatic rings. The zero-order valence-electron chi connectivity index (χ0n) is 36.3. The van der Waals surface area contributed by atoms with Gasteiger partial charge in [0.2, 0.25) is 5.91 Å². The molecule has 3 aliphatic heterocycles. The second-order valence-electron chi connectivity index (χ2n) is 17.0. The van der Waals surface area contributed by atoms with Crippen molar-refractivity contribution >= 4 is 45.7 Å². The van der Waals surface area contributed by atoms with Crippen LogP contribution in [0.15, 0.2) is 53.5 Å². The lowest BCUT2D eigenvalue weighted by molar-refractivity contribution is -0.148. The highest BCUT2D eigenvalue weighted by atomic mass is 16.5. The number of fused-ring (bicyclic) bond motifs is 2. The summed E-state index contributed by atoms with van der Waals surface area (Å²) in [4.78, 5) is 75.4. The van der Waals surface area contributed by atoms with Gasteiger partial charge in [-0.3, -0.25) is 28.6 Å². The van der Waals surface area contributed by atoms with E-state index in [0.29, 0.717) is 81.8 Å². The van der Waals surface area contributed by atoms with Crippen LogP contribution in [-0.2, 0) is 43.7 Å². The Hall–Kier alpha value is -5.28. The minimum Gasteiger partial charge on any atom is -0.444 e. The van der Waals surface area contributed by atoms with Gasteiger partial charge >= 0.3 is 18.0 Å². The first kappa shape index (κ1) is 43.8. The van der Waals surface area contributed by atoms with E-state index in [-0.39, 0.29) is 55.2 Å². The van der Waals surface area contributed by atoms with Gasteiger partial charge in [0.25, 0.3) is 5.56 Å². The number of benzene rings is 2. The molecular formula is C46H62N8O7. The topological polar surface area (TPSA) is 152 Å². The molecule has 328 valence electrons. The van der Waals surface area contributed by atoms with E-state index < -0.39 is 6.04 Å². The van der Waals surface area contributed by atoms with Crippen molar-refractivity contribution in [2.24, 2.45) is 0 Å². The molecule has 7 rings (SSSR count). The summed E-state index contributed by atoms with van der Waals surface area (Å²) in [7, 11) is 2.17. The Balaban J connectivity index is 1.05. The van der Waals surface area contributed by atoms with Crippen LogP contribution in [0.2, 0.25) is 0 Å². The molecule has 3 fully saturated rings. The largest absolute Gasteiger partial charge is 0.444 e. The fourth-order valence-corrected chi connectivity index (χ4v) is 9.29. The third-order valence-corrected chi connectivity index (χ3v) is 12.7. The molecule has 2 aromatic carbocycles. The minimum atomic E-state index is -0.801. The van der Waals surface area contributed by atoms with Crippen LogP contribution in [0.3, 0.4) is 0 Å². The van der Waals surface area contributed by atoms with E-state index >= 15 is 0 Å². The number of nitrogens with one attached hydrogen (secondary N) is 1. The number of piperidine rings is 2. The summed E-state index contributed by atoms with van der Waals surface area (Å²) in [5, 5.41) is 9.39. The summed E-state index contributed by atoms with van der Waals surface area (Å²) in [6, 6.07) is 13.0. The van der Waals surface area contributed by atoms with Gasteiger partial charge in [0.1, 0.15) is 6.04 Å². The third-order valence-electron chi connectivity index (χ3n) is 12.7. The van der Waals surface area contributed by atoms with Gasteiger partial charge in [0.15, 0.2) is 13.5 Å². The maximum atomic E-state index is 14.5. The summed E-state index contributed by atoms with van der Waals surface area (Å²) in [5.74, 6) is -0.807. The van der Waals surface area contributed by atoms with Crippen LogP contribution in [-0.4, -0.2) is 129 Å². The number of urea groups is 1. The maximum absolute atomic E-state index is 14.5. The molecule has 2 aromatic heterocycles. The second kappa shape index (κ2) is 20.1. The van der Waals surface area contributed by atoms with Crippen LogP contribution < -0.4 is 10.9 Å². The number of esters is 2. The molecule has 3 amide bonds. The fourth-order valence-electron chi connectivity index (χ4n) is 9.29. The number of pyridine rings is 1. The summed E-state index contributed by atoms with van der Waals surface area (Å²) < 4.78 is 14.1. The third kappa shape index (κ3) is 10.4. The molecule has 15 nitrogen and oxygen atoms in total. The molecule has 3 saturated heterocycles. The zero-order valence-corrected chi connectivity index (χ0v) is 36.3. The van der Waals surface area contributed by atoms with Crippen LogP contribution in [0.25, 0.3) is 21.8 Å². The van der Waals surface area contributed by atoms with E-state index in [9.17, 15) is 24.0 Å². The average Bonchev–Trinajstić information content (AvgIpc) is 3.68. The summed E-state index contributed by atoms with van der Waals surface area (Å²) in [5.41, 5.74) is 3.82. The van der Waals surface area contributed by atoms with Crippen molar-refractivity contribution in [1.82, 2.24) is 39.3 Å². The van der Waals surface area contributed by atoms with Crippen molar-refractivity contribution in [3.8, 4) is 0 Å². The highest BCUT2D eigenvalue weighted by Gasteiger charge is 2.34. The molecule has 1 N–H and O–H groups in total. The number of ether oxygens (including phenoxy) is 2. The molecule has 0 bridgehead atoms. The summed E-state index contributed by atoms with van der Waals surface area (Å²) >= 11 is 0. The quantitative estimate of drug-likeness (QED) is 0.172. The smallest absolute Gasteiger partial charge is 0.318 e. The molecule has 15 heteroatoms. The van der Waals surface area contributed by atoms with Gasteiger partial charge in [-0.1, -0.05) is 38.1 Å². The van der Waals surface area contributed by atoms with E-state index in [4.69, 9.17) is 9.47 Å². The Morgan fingerprint density at radius 2 is 1.48 bits per heavy atom. The van der Waals surface area contributed by atoms with E-state index in [2.05, 4.69) is 27.3 Å². The lowest BCUT2D eigenvalue weighted by Crippen LogP contribution is -2.59. The minimum absolute atomic E-state index is 0.0192. The van der Waals surface area contributed by atoms with Gasteiger partial charge in [-0.2, -0.15) is 5.10 Å². The molecule has 0 radical (unpaired) electrons. The average molecular weight is 839 g/mol. The number of carbonyl (C=O) groups is 4. The number of hydrogen-bond acceptors (Lipinski definition) is 10. The first-order valence-electron chi connectivity index (χ1n) is 22.2. The second-order valence-corrected chi connectivity index (χ2v) is 17.0. The normalized spacial score (nSPS) is 17.8. The number of likely N-dealkylation sites (tertiary alicyclic amines) is 2. The van der Waals surface area contributed by atoms with Crippen molar-refractivity contribution in [3.05, 3.63) is 75.7 Å². The number of aromatic nitrogens is 3. The fraction of sp³-hybridized carbons (Fsp3) is 0.565. The molecule has 0 aliphatic carbocycles. The number of carbonyl (C=O) groups excluding carboxylic acids is 4. The van der Waals surface area contributed by atoms with E-state index in [1.807, 2.05) is 68.1 Å². The van der Waals surface area contributed by atoms with Crippen LogP contribution in [0.5, 0.6) is 0 Å². The van der Waals surface area contributed by atoms with Crippen molar-refractivity contribution in [2.45, 2.75) is 110 Å². The Kier molecular flexibility index (Phi) is 14.4. The lowest BCUT2D eigenvalue weighted by Gasteiger charge is -2.43. The Morgan fingerprint density at radius 1 is 0.803 bits per heavy atom. The number of para-hydroxylation sites is 1. The monoisotopic (exact) mass is 838 g/mol.